The van der Waals surface area contributed by atoms with Crippen molar-refractivity contribution in [2.24, 2.45) is 12.8 Å². The van der Waals surface area contributed by atoms with Crippen LogP contribution in [0.25, 0.3) is 10.9 Å². The highest BCUT2D eigenvalue weighted by Crippen LogP contribution is 2.28. The Balaban J connectivity index is 2.82. The van der Waals surface area contributed by atoms with Crippen molar-refractivity contribution < 1.29 is 4.39 Å². The van der Waals surface area contributed by atoms with Gasteiger partial charge in [-0.3, -0.25) is 0 Å². The molecule has 1 aromatic heterocycles. The summed E-state index contributed by atoms with van der Waals surface area (Å²) in [4.78, 5) is 0. The lowest BCUT2D eigenvalue weighted by Crippen LogP contribution is -2.28. The molecule has 0 aliphatic rings. The van der Waals surface area contributed by atoms with E-state index in [1.165, 1.54) is 6.07 Å². The third kappa shape index (κ3) is 1.61. The molecule has 3 heteroatoms. The number of halogens is 1. The topological polar surface area (TPSA) is 30.9 Å². The fraction of sp³-hybridized carbons (Fsp3) is 0.385. The molecule has 0 radical (unpaired) electrons. The number of benzene rings is 1. The van der Waals surface area contributed by atoms with Crippen molar-refractivity contribution in [1.82, 2.24) is 4.57 Å². The van der Waals surface area contributed by atoms with Gasteiger partial charge >= 0.3 is 0 Å². The quantitative estimate of drug-likeness (QED) is 0.787. The zero-order chi connectivity index (χ0) is 12.1. The molecule has 2 rings (SSSR count). The molecule has 0 unspecified atom stereocenters. The maximum atomic E-state index is 14.0. The molecular formula is C13H17FN2. The maximum Gasteiger partial charge on any atom is 0.147 e. The molecule has 0 amide bonds. The predicted molar refractivity (Wildman–Crippen MR) is 64.8 cm³/mol. The third-order valence-corrected chi connectivity index (χ3v) is 2.97. The molecule has 0 aliphatic heterocycles. The first kappa shape index (κ1) is 11.1. The van der Waals surface area contributed by atoms with Crippen LogP contribution in [0, 0.1) is 12.7 Å². The summed E-state index contributed by atoms with van der Waals surface area (Å²) < 4.78 is 15.8. The SMILES string of the molecule is Cc1cn(C)c2c(F)cc(C(C)(C)N)cc12. The molecule has 2 N–H and O–H groups in total. The number of hydrogen-bond donors (Lipinski definition) is 1. The molecule has 2 nitrogen and oxygen atoms in total. The first-order valence-electron chi connectivity index (χ1n) is 5.35. The second-order valence-electron chi connectivity index (χ2n) is 5.00. The van der Waals surface area contributed by atoms with Gasteiger partial charge in [0.25, 0.3) is 0 Å². The molecule has 0 saturated heterocycles. The van der Waals surface area contributed by atoms with Crippen molar-refractivity contribution in [3.8, 4) is 0 Å². The number of rotatable bonds is 1. The van der Waals surface area contributed by atoms with Gasteiger partial charge in [0, 0.05) is 24.2 Å². The summed E-state index contributed by atoms with van der Waals surface area (Å²) in [7, 11) is 1.85. The summed E-state index contributed by atoms with van der Waals surface area (Å²) in [6.45, 7) is 5.74. The van der Waals surface area contributed by atoms with Crippen LogP contribution >= 0.6 is 0 Å². The van der Waals surface area contributed by atoms with E-state index in [-0.39, 0.29) is 5.82 Å². The lowest BCUT2D eigenvalue weighted by Gasteiger charge is -2.19. The van der Waals surface area contributed by atoms with Crippen molar-refractivity contribution in [3.05, 3.63) is 35.3 Å². The van der Waals surface area contributed by atoms with Crippen molar-refractivity contribution in [3.63, 3.8) is 0 Å². The van der Waals surface area contributed by atoms with Gasteiger partial charge in [-0.25, -0.2) is 4.39 Å². The largest absolute Gasteiger partial charge is 0.348 e. The van der Waals surface area contributed by atoms with E-state index in [2.05, 4.69) is 0 Å². The zero-order valence-corrected chi connectivity index (χ0v) is 10.1. The normalized spacial score (nSPS) is 12.4. The summed E-state index contributed by atoms with van der Waals surface area (Å²) in [5.41, 5.74) is 8.03. The summed E-state index contributed by atoms with van der Waals surface area (Å²) in [5, 5.41) is 0.941. The summed E-state index contributed by atoms with van der Waals surface area (Å²) in [6, 6.07) is 3.51. The van der Waals surface area contributed by atoms with Crippen LogP contribution in [0.1, 0.15) is 25.0 Å². The van der Waals surface area contributed by atoms with Crippen LogP contribution in [0.2, 0.25) is 0 Å². The van der Waals surface area contributed by atoms with E-state index in [1.54, 1.807) is 0 Å². The average molecular weight is 220 g/mol. The van der Waals surface area contributed by atoms with E-state index in [0.29, 0.717) is 5.52 Å². The Morgan fingerprint density at radius 2 is 1.94 bits per heavy atom. The molecule has 0 spiro atoms. The van der Waals surface area contributed by atoms with E-state index in [1.807, 2.05) is 44.6 Å². The lowest BCUT2D eigenvalue weighted by molar-refractivity contribution is 0.545. The van der Waals surface area contributed by atoms with E-state index in [9.17, 15) is 4.39 Å². The van der Waals surface area contributed by atoms with Gasteiger partial charge in [-0.05, 0) is 44.0 Å². The highest BCUT2D eigenvalue weighted by Gasteiger charge is 2.18. The monoisotopic (exact) mass is 220 g/mol. The number of aromatic nitrogens is 1. The fourth-order valence-corrected chi connectivity index (χ4v) is 2.05. The minimum atomic E-state index is -0.517. The Bertz CT molecular complexity index is 547. The molecule has 2 aromatic rings. The molecule has 0 saturated carbocycles. The second kappa shape index (κ2) is 3.32. The summed E-state index contributed by atoms with van der Waals surface area (Å²) in [5.74, 6) is -0.207. The molecular weight excluding hydrogens is 203 g/mol. The zero-order valence-electron chi connectivity index (χ0n) is 10.1. The number of aryl methyl sites for hydroxylation is 2. The van der Waals surface area contributed by atoms with Gasteiger partial charge in [0.1, 0.15) is 5.82 Å². The van der Waals surface area contributed by atoms with Crippen molar-refractivity contribution in [1.29, 1.82) is 0 Å². The van der Waals surface area contributed by atoms with Gasteiger partial charge in [0.15, 0.2) is 0 Å². The Kier molecular flexibility index (Phi) is 2.31. The van der Waals surface area contributed by atoms with E-state index in [4.69, 9.17) is 5.73 Å². The summed E-state index contributed by atoms with van der Waals surface area (Å²) in [6.07, 6.45) is 1.93. The standard InChI is InChI=1S/C13H17FN2/c1-8-7-16(4)12-10(8)5-9(6-11(12)14)13(2,3)15/h5-7H,15H2,1-4H3. The second-order valence-corrected chi connectivity index (χ2v) is 5.00. The first-order chi connectivity index (χ1) is 7.30. The maximum absolute atomic E-state index is 14.0. The van der Waals surface area contributed by atoms with Crippen LogP contribution in [0.3, 0.4) is 0 Å². The molecule has 1 heterocycles. The van der Waals surface area contributed by atoms with Gasteiger partial charge in [-0.15, -0.1) is 0 Å². The molecule has 0 atom stereocenters. The highest BCUT2D eigenvalue weighted by molar-refractivity contribution is 5.85. The van der Waals surface area contributed by atoms with Gasteiger partial charge in [-0.2, -0.15) is 0 Å². The van der Waals surface area contributed by atoms with Gasteiger partial charge < -0.3 is 10.3 Å². The van der Waals surface area contributed by atoms with Crippen molar-refractivity contribution in [2.75, 3.05) is 0 Å². The first-order valence-corrected chi connectivity index (χ1v) is 5.35. The molecule has 0 aliphatic carbocycles. The molecule has 16 heavy (non-hydrogen) atoms. The van der Waals surface area contributed by atoms with Crippen molar-refractivity contribution in [2.45, 2.75) is 26.3 Å². The summed E-state index contributed by atoms with van der Waals surface area (Å²) >= 11 is 0. The lowest BCUT2D eigenvalue weighted by atomic mass is 9.94. The Morgan fingerprint density at radius 1 is 1.31 bits per heavy atom. The van der Waals surface area contributed by atoms with Crippen LogP contribution in [-0.4, -0.2) is 4.57 Å². The highest BCUT2D eigenvalue weighted by atomic mass is 19.1. The minimum absolute atomic E-state index is 0.207. The predicted octanol–water partition coefficient (Wildman–Crippen LogP) is 2.82. The number of nitrogens with two attached hydrogens (primary N) is 1. The third-order valence-electron chi connectivity index (χ3n) is 2.97. The van der Waals surface area contributed by atoms with Gasteiger partial charge in [-0.1, -0.05) is 0 Å². The Hall–Kier alpha value is -1.35. The average Bonchev–Trinajstić information content (AvgIpc) is 2.41. The van der Waals surface area contributed by atoms with Crippen LogP contribution in [0.15, 0.2) is 18.3 Å². The van der Waals surface area contributed by atoms with E-state index >= 15 is 0 Å². The van der Waals surface area contributed by atoms with E-state index < -0.39 is 5.54 Å². The fourth-order valence-electron chi connectivity index (χ4n) is 2.05. The van der Waals surface area contributed by atoms with Crippen LogP contribution < -0.4 is 5.73 Å². The van der Waals surface area contributed by atoms with Gasteiger partial charge in [0.05, 0.1) is 5.52 Å². The van der Waals surface area contributed by atoms with Crippen molar-refractivity contribution >= 4 is 10.9 Å². The Morgan fingerprint density at radius 3 is 2.50 bits per heavy atom. The smallest absolute Gasteiger partial charge is 0.147 e. The molecule has 1 aromatic carbocycles. The number of hydrogen-bond acceptors (Lipinski definition) is 1. The number of nitrogens with zero attached hydrogens (tertiary/aromatic N) is 1. The Labute approximate surface area is 94.9 Å². The molecule has 0 fully saturated rings. The molecule has 86 valence electrons. The number of fused-ring (bicyclic) bond motifs is 1. The van der Waals surface area contributed by atoms with Gasteiger partial charge in [0.2, 0.25) is 0 Å². The molecule has 0 bridgehead atoms. The van der Waals surface area contributed by atoms with Crippen LogP contribution in [0.5, 0.6) is 0 Å². The minimum Gasteiger partial charge on any atom is -0.348 e. The van der Waals surface area contributed by atoms with Crippen LogP contribution in [-0.2, 0) is 12.6 Å². The van der Waals surface area contributed by atoms with E-state index in [0.717, 1.165) is 16.5 Å². The van der Waals surface area contributed by atoms with Crippen LogP contribution in [0.4, 0.5) is 4.39 Å².